The number of aliphatic imine (C=N–C) groups is 1. The van der Waals surface area contributed by atoms with Gasteiger partial charge in [0.25, 0.3) is 0 Å². The highest BCUT2D eigenvalue weighted by molar-refractivity contribution is 14.0. The Morgan fingerprint density at radius 1 is 1.16 bits per heavy atom. The van der Waals surface area contributed by atoms with E-state index in [4.69, 9.17) is 4.74 Å². The third-order valence-corrected chi connectivity index (χ3v) is 4.40. The lowest BCUT2D eigenvalue weighted by molar-refractivity contribution is -0.114. The first-order chi connectivity index (χ1) is 14.3. The summed E-state index contributed by atoms with van der Waals surface area (Å²) in [6, 6.07) is 1.71. The molecule has 0 aliphatic carbocycles. The lowest BCUT2D eigenvalue weighted by Crippen LogP contribution is -2.50. The molecule has 1 aromatic carbocycles. The number of ether oxygens (including phenoxy) is 1. The van der Waals surface area contributed by atoms with Gasteiger partial charge in [0.05, 0.1) is 12.3 Å². The van der Waals surface area contributed by atoms with Crippen LogP contribution in [0.3, 0.4) is 0 Å². The average molecular weight is 557 g/mol. The number of hydrogen-bond donors (Lipinski definition) is 3. The van der Waals surface area contributed by atoms with Crippen LogP contribution in [-0.2, 0) is 9.53 Å². The number of benzene rings is 1. The number of guanidine groups is 1. The number of rotatable bonds is 6. The molecule has 0 saturated carbocycles. The van der Waals surface area contributed by atoms with Crippen molar-refractivity contribution < 1.29 is 27.5 Å². The number of hydrogen-bond acceptors (Lipinski definition) is 4. The number of likely N-dealkylation sites (tertiary alicyclic amines) is 1. The first-order valence-electron chi connectivity index (χ1n) is 9.75. The second-order valence-corrected chi connectivity index (χ2v) is 6.57. The van der Waals surface area contributed by atoms with E-state index < -0.39 is 29.0 Å². The third kappa shape index (κ3) is 8.07. The Morgan fingerprint density at radius 3 is 2.45 bits per heavy atom. The van der Waals surface area contributed by atoms with Crippen molar-refractivity contribution in [3.05, 3.63) is 29.6 Å². The zero-order valence-electron chi connectivity index (χ0n) is 17.3. The van der Waals surface area contributed by atoms with Gasteiger partial charge < -0.3 is 25.6 Å². The maximum Gasteiger partial charge on any atom is 0.409 e. The number of nitrogens with zero attached hydrogens (tertiary/aromatic N) is 2. The fourth-order valence-corrected chi connectivity index (χ4v) is 2.90. The summed E-state index contributed by atoms with van der Waals surface area (Å²) < 4.78 is 44.9. The number of anilines is 1. The number of carbonyl (C=O) groups excluding carboxylic acids is 2. The van der Waals surface area contributed by atoms with E-state index in [1.165, 1.54) is 0 Å². The minimum atomic E-state index is -1.65. The van der Waals surface area contributed by atoms with Crippen molar-refractivity contribution in [3.8, 4) is 0 Å². The maximum atomic E-state index is 13.7. The van der Waals surface area contributed by atoms with Crippen molar-refractivity contribution in [1.82, 2.24) is 15.5 Å². The Labute approximate surface area is 196 Å². The molecule has 1 aliphatic heterocycles. The molecule has 2 amide bonds. The lowest BCUT2D eigenvalue weighted by atomic mass is 10.1. The lowest BCUT2D eigenvalue weighted by Gasteiger charge is -2.32. The van der Waals surface area contributed by atoms with E-state index in [9.17, 15) is 22.8 Å². The van der Waals surface area contributed by atoms with Crippen LogP contribution in [0.15, 0.2) is 17.1 Å². The summed E-state index contributed by atoms with van der Waals surface area (Å²) in [5.41, 5.74) is -0.460. The highest BCUT2D eigenvalue weighted by atomic mass is 127. The van der Waals surface area contributed by atoms with Gasteiger partial charge in [0, 0.05) is 25.7 Å². The zero-order valence-corrected chi connectivity index (χ0v) is 19.7. The highest BCUT2D eigenvalue weighted by Crippen LogP contribution is 2.19. The number of nitrogens with one attached hydrogen (secondary N) is 3. The molecule has 1 saturated heterocycles. The number of amides is 2. The summed E-state index contributed by atoms with van der Waals surface area (Å²) in [6.45, 7) is 5.20. The largest absolute Gasteiger partial charge is 0.450 e. The molecule has 0 aromatic heterocycles. The Bertz CT molecular complexity index is 789. The summed E-state index contributed by atoms with van der Waals surface area (Å²) >= 11 is 0. The molecule has 12 heteroatoms. The Balaban J connectivity index is 0.00000480. The van der Waals surface area contributed by atoms with Crippen LogP contribution in [0.25, 0.3) is 0 Å². The average Bonchev–Trinajstić information content (AvgIpc) is 2.73. The topological polar surface area (TPSA) is 95.1 Å². The summed E-state index contributed by atoms with van der Waals surface area (Å²) in [6.07, 6.45) is 1.02. The number of halogens is 4. The van der Waals surface area contributed by atoms with Gasteiger partial charge in [-0.1, -0.05) is 0 Å². The van der Waals surface area contributed by atoms with Gasteiger partial charge in [-0.05, 0) is 38.8 Å². The molecular formula is C19H27F3IN5O3. The normalized spacial score (nSPS) is 14.5. The zero-order chi connectivity index (χ0) is 22.1. The fourth-order valence-electron chi connectivity index (χ4n) is 2.90. The molecule has 1 heterocycles. The molecule has 0 spiro atoms. The van der Waals surface area contributed by atoms with Gasteiger partial charge in [0.2, 0.25) is 5.91 Å². The Hall–Kier alpha value is -2.25. The van der Waals surface area contributed by atoms with Crippen molar-refractivity contribution >= 4 is 47.6 Å². The van der Waals surface area contributed by atoms with Crippen LogP contribution in [0.4, 0.5) is 23.7 Å². The molecule has 2 rings (SSSR count). The van der Waals surface area contributed by atoms with Crippen LogP contribution in [-0.4, -0.2) is 61.7 Å². The van der Waals surface area contributed by atoms with Crippen LogP contribution in [0.5, 0.6) is 0 Å². The molecule has 0 unspecified atom stereocenters. The second kappa shape index (κ2) is 13.2. The fraction of sp³-hybridized carbons (Fsp3) is 0.526. The van der Waals surface area contributed by atoms with Crippen molar-refractivity contribution in [3.63, 3.8) is 0 Å². The Kier molecular flexibility index (Phi) is 11.4. The predicted molar refractivity (Wildman–Crippen MR) is 121 cm³/mol. The molecular weight excluding hydrogens is 530 g/mol. The van der Waals surface area contributed by atoms with E-state index in [2.05, 4.69) is 20.9 Å². The molecule has 1 aliphatic rings. The van der Waals surface area contributed by atoms with Gasteiger partial charge in [0.15, 0.2) is 23.4 Å². The number of carbonyl (C=O) groups is 2. The van der Waals surface area contributed by atoms with Gasteiger partial charge in [-0.15, -0.1) is 24.0 Å². The molecule has 1 fully saturated rings. The van der Waals surface area contributed by atoms with Crippen molar-refractivity contribution in [2.45, 2.75) is 32.7 Å². The van der Waals surface area contributed by atoms with Crippen LogP contribution in [0.1, 0.15) is 26.7 Å². The standard InChI is InChI=1S/C19H26F3N5O3.HI/c1-3-23-18(25-12-7-9-27(10-8-12)19(29)30-4-2)24-11-15(28)26-14-6-5-13(20)16(21)17(14)22;/h5-6,12H,3-4,7-11H2,1-2H3,(H,26,28)(H2,23,24,25);1H. The second-order valence-electron chi connectivity index (χ2n) is 6.57. The molecule has 3 N–H and O–H groups in total. The molecule has 0 atom stereocenters. The van der Waals surface area contributed by atoms with E-state index in [-0.39, 0.29) is 42.7 Å². The molecule has 8 nitrogen and oxygen atoms in total. The third-order valence-electron chi connectivity index (χ3n) is 4.40. The van der Waals surface area contributed by atoms with Gasteiger partial charge in [-0.2, -0.15) is 0 Å². The van der Waals surface area contributed by atoms with E-state index in [1.54, 1.807) is 11.8 Å². The monoisotopic (exact) mass is 557 g/mol. The van der Waals surface area contributed by atoms with Crippen molar-refractivity contribution in [2.75, 3.05) is 38.1 Å². The van der Waals surface area contributed by atoms with Crippen LogP contribution in [0.2, 0.25) is 0 Å². The molecule has 0 bridgehead atoms. The van der Waals surface area contributed by atoms with Gasteiger partial charge in [-0.25, -0.2) is 23.0 Å². The van der Waals surface area contributed by atoms with Crippen molar-refractivity contribution in [1.29, 1.82) is 0 Å². The molecule has 31 heavy (non-hydrogen) atoms. The molecule has 174 valence electrons. The first kappa shape index (κ1) is 26.8. The molecule has 1 aromatic rings. The summed E-state index contributed by atoms with van der Waals surface area (Å²) in [4.78, 5) is 29.6. The van der Waals surface area contributed by atoms with Gasteiger partial charge >= 0.3 is 6.09 Å². The van der Waals surface area contributed by atoms with E-state index in [1.807, 2.05) is 6.92 Å². The number of piperidine rings is 1. The Morgan fingerprint density at radius 2 is 1.84 bits per heavy atom. The van der Waals surface area contributed by atoms with Gasteiger partial charge in [-0.3, -0.25) is 4.79 Å². The summed E-state index contributed by atoms with van der Waals surface area (Å²) in [7, 11) is 0. The maximum absolute atomic E-state index is 13.7. The highest BCUT2D eigenvalue weighted by Gasteiger charge is 2.24. The van der Waals surface area contributed by atoms with Crippen molar-refractivity contribution in [2.24, 2.45) is 4.99 Å². The van der Waals surface area contributed by atoms with E-state index >= 15 is 0 Å². The summed E-state index contributed by atoms with van der Waals surface area (Å²) in [5, 5.41) is 8.36. The quantitative estimate of drug-likeness (QED) is 0.217. The van der Waals surface area contributed by atoms with Crippen LogP contribution >= 0.6 is 24.0 Å². The summed E-state index contributed by atoms with van der Waals surface area (Å²) in [5.74, 6) is -4.76. The van der Waals surface area contributed by atoms with Gasteiger partial charge in [0.1, 0.15) is 6.54 Å². The minimum absolute atomic E-state index is 0. The SMILES string of the molecule is CCNC(=NCC(=O)Nc1ccc(F)c(F)c1F)NC1CCN(C(=O)OCC)CC1.I. The first-order valence-corrected chi connectivity index (χ1v) is 9.75. The predicted octanol–water partition coefficient (Wildman–Crippen LogP) is 2.84. The van der Waals surface area contributed by atoms with E-state index in [0.29, 0.717) is 45.0 Å². The minimum Gasteiger partial charge on any atom is -0.450 e. The van der Waals surface area contributed by atoms with Crippen LogP contribution < -0.4 is 16.0 Å². The van der Waals surface area contributed by atoms with Crippen LogP contribution in [0, 0.1) is 17.5 Å². The van der Waals surface area contributed by atoms with E-state index in [0.717, 1.165) is 12.1 Å². The molecule has 0 radical (unpaired) electrons. The smallest absolute Gasteiger partial charge is 0.409 e.